The molecule has 2 N–H and O–H groups in total. The average molecular weight is 463 g/mol. The number of nitrogens with one attached hydrogen (secondary N) is 2. The lowest BCUT2D eigenvalue weighted by molar-refractivity contribution is -0.137. The standard InChI is InChI=1S/C22H18ClF3N4O2/c1-2-16-19(12-5-3-7-14(23)9-12)20-28-21(32)17(30(20)29-16)11-18(31)27-15-8-4-6-13(10-15)22(24,25)26/h3-10,17H,2,11H2,1H3,(H,27,31)(H,28,32). The summed E-state index contributed by atoms with van der Waals surface area (Å²) >= 11 is 6.11. The third kappa shape index (κ3) is 4.20. The highest BCUT2D eigenvalue weighted by Crippen LogP contribution is 2.39. The van der Waals surface area contributed by atoms with E-state index in [-0.39, 0.29) is 12.1 Å². The topological polar surface area (TPSA) is 76.0 Å². The largest absolute Gasteiger partial charge is 0.416 e. The number of aromatic nitrogens is 2. The monoisotopic (exact) mass is 462 g/mol. The smallest absolute Gasteiger partial charge is 0.326 e. The lowest BCUT2D eigenvalue weighted by Crippen LogP contribution is -2.24. The fourth-order valence-corrected chi connectivity index (χ4v) is 3.86. The second-order valence-electron chi connectivity index (χ2n) is 7.31. The predicted octanol–water partition coefficient (Wildman–Crippen LogP) is 5.31. The summed E-state index contributed by atoms with van der Waals surface area (Å²) in [7, 11) is 0. The number of halogens is 4. The van der Waals surface area contributed by atoms with Gasteiger partial charge in [0.15, 0.2) is 0 Å². The Labute approximate surface area is 186 Å². The highest BCUT2D eigenvalue weighted by atomic mass is 35.5. The summed E-state index contributed by atoms with van der Waals surface area (Å²) in [5.74, 6) is -0.557. The van der Waals surface area contributed by atoms with Crippen molar-refractivity contribution in [3.8, 4) is 11.1 Å². The van der Waals surface area contributed by atoms with Gasteiger partial charge in [0.1, 0.15) is 11.9 Å². The molecular weight excluding hydrogens is 445 g/mol. The van der Waals surface area contributed by atoms with Gasteiger partial charge in [0.2, 0.25) is 5.91 Å². The molecule has 2 aromatic carbocycles. The highest BCUT2D eigenvalue weighted by Gasteiger charge is 2.37. The number of carbonyl (C=O) groups is 2. The molecule has 0 spiro atoms. The van der Waals surface area contributed by atoms with Gasteiger partial charge in [-0.25, -0.2) is 4.68 Å². The van der Waals surface area contributed by atoms with Gasteiger partial charge in [0.25, 0.3) is 5.91 Å². The SMILES string of the molecule is CCc1nn2c(c1-c1cccc(Cl)c1)NC(=O)C2CC(=O)Nc1cccc(C(F)(F)F)c1. The van der Waals surface area contributed by atoms with E-state index in [1.165, 1.54) is 16.8 Å². The molecule has 1 aliphatic heterocycles. The Balaban J connectivity index is 1.58. The second-order valence-corrected chi connectivity index (χ2v) is 7.75. The second kappa shape index (κ2) is 8.31. The maximum absolute atomic E-state index is 12.9. The van der Waals surface area contributed by atoms with Gasteiger partial charge in [-0.3, -0.25) is 9.59 Å². The number of carbonyl (C=O) groups excluding carboxylic acids is 2. The minimum Gasteiger partial charge on any atom is -0.326 e. The summed E-state index contributed by atoms with van der Waals surface area (Å²) in [5.41, 5.74) is 1.36. The van der Waals surface area contributed by atoms with Crippen molar-refractivity contribution in [1.82, 2.24) is 9.78 Å². The van der Waals surface area contributed by atoms with Crippen LogP contribution in [0.15, 0.2) is 48.5 Å². The molecule has 10 heteroatoms. The Morgan fingerprint density at radius 1 is 1.22 bits per heavy atom. The van der Waals surface area contributed by atoms with Crippen LogP contribution in [-0.4, -0.2) is 21.6 Å². The molecular formula is C22H18ClF3N4O2. The zero-order valence-corrected chi connectivity index (χ0v) is 17.6. The highest BCUT2D eigenvalue weighted by molar-refractivity contribution is 6.30. The van der Waals surface area contributed by atoms with E-state index in [9.17, 15) is 22.8 Å². The Morgan fingerprint density at radius 2 is 1.97 bits per heavy atom. The third-order valence-electron chi connectivity index (χ3n) is 5.12. The quantitative estimate of drug-likeness (QED) is 0.539. The van der Waals surface area contributed by atoms with E-state index in [2.05, 4.69) is 15.7 Å². The van der Waals surface area contributed by atoms with Crippen molar-refractivity contribution in [3.63, 3.8) is 0 Å². The molecule has 1 aliphatic rings. The third-order valence-corrected chi connectivity index (χ3v) is 5.36. The summed E-state index contributed by atoms with van der Waals surface area (Å²) in [5, 5.41) is 10.3. The van der Waals surface area contributed by atoms with Crippen LogP contribution in [0.2, 0.25) is 5.02 Å². The summed E-state index contributed by atoms with van der Waals surface area (Å²) in [4.78, 5) is 25.1. The van der Waals surface area contributed by atoms with Crippen molar-refractivity contribution in [2.45, 2.75) is 32.0 Å². The zero-order valence-electron chi connectivity index (χ0n) is 16.8. The number of aryl methyl sites for hydroxylation is 1. The molecule has 0 radical (unpaired) electrons. The number of hydrogen-bond acceptors (Lipinski definition) is 3. The Morgan fingerprint density at radius 3 is 2.66 bits per heavy atom. The molecule has 3 aromatic rings. The summed E-state index contributed by atoms with van der Waals surface area (Å²) in [6.45, 7) is 1.92. The minimum atomic E-state index is -4.52. The molecule has 0 bridgehead atoms. The fourth-order valence-electron chi connectivity index (χ4n) is 3.67. The van der Waals surface area contributed by atoms with Crippen molar-refractivity contribution in [2.24, 2.45) is 0 Å². The van der Waals surface area contributed by atoms with Gasteiger partial charge in [0, 0.05) is 16.3 Å². The first-order chi connectivity index (χ1) is 15.2. The van der Waals surface area contributed by atoms with Gasteiger partial charge < -0.3 is 10.6 Å². The molecule has 6 nitrogen and oxygen atoms in total. The molecule has 166 valence electrons. The van der Waals surface area contributed by atoms with Crippen LogP contribution in [0.3, 0.4) is 0 Å². The van der Waals surface area contributed by atoms with E-state index in [1.807, 2.05) is 13.0 Å². The van der Waals surface area contributed by atoms with E-state index >= 15 is 0 Å². The van der Waals surface area contributed by atoms with Crippen molar-refractivity contribution in [2.75, 3.05) is 10.6 Å². The van der Waals surface area contributed by atoms with Gasteiger partial charge in [-0.1, -0.05) is 36.7 Å². The van der Waals surface area contributed by atoms with E-state index < -0.39 is 29.6 Å². The van der Waals surface area contributed by atoms with Crippen LogP contribution < -0.4 is 10.6 Å². The van der Waals surface area contributed by atoms with Gasteiger partial charge in [-0.15, -0.1) is 0 Å². The number of fused-ring (bicyclic) bond motifs is 1. The molecule has 0 saturated heterocycles. The van der Waals surface area contributed by atoms with Gasteiger partial charge in [-0.05, 0) is 42.3 Å². The maximum atomic E-state index is 12.9. The minimum absolute atomic E-state index is 0.00205. The number of anilines is 2. The van der Waals surface area contributed by atoms with E-state index in [0.717, 1.165) is 29.0 Å². The predicted molar refractivity (Wildman–Crippen MR) is 114 cm³/mol. The first-order valence-electron chi connectivity index (χ1n) is 9.82. The van der Waals surface area contributed by atoms with Gasteiger partial charge in [0.05, 0.1) is 17.7 Å². The summed E-state index contributed by atoms with van der Waals surface area (Å²) in [6.07, 6.45) is -4.22. The number of amides is 2. The Hall–Kier alpha value is -3.33. The lowest BCUT2D eigenvalue weighted by atomic mass is 10.0. The molecule has 0 saturated carbocycles. The van der Waals surface area contributed by atoms with Crippen molar-refractivity contribution in [3.05, 3.63) is 64.8 Å². The fraction of sp³-hybridized carbons (Fsp3) is 0.227. The number of nitrogens with zero attached hydrogens (tertiary/aromatic N) is 2. The average Bonchev–Trinajstić information content (AvgIpc) is 3.23. The van der Waals surface area contributed by atoms with Crippen molar-refractivity contribution >= 4 is 34.9 Å². The van der Waals surface area contributed by atoms with Crippen LogP contribution in [0.4, 0.5) is 24.7 Å². The van der Waals surface area contributed by atoms with Crippen molar-refractivity contribution in [1.29, 1.82) is 0 Å². The molecule has 4 rings (SSSR count). The molecule has 1 atom stereocenters. The normalized spacial score (nSPS) is 15.4. The van der Waals surface area contributed by atoms with Gasteiger partial charge in [-0.2, -0.15) is 18.3 Å². The lowest BCUT2D eigenvalue weighted by Gasteiger charge is -2.12. The van der Waals surface area contributed by atoms with Crippen LogP contribution in [0.5, 0.6) is 0 Å². The molecule has 0 fully saturated rings. The maximum Gasteiger partial charge on any atom is 0.416 e. The molecule has 0 aliphatic carbocycles. The van der Waals surface area contributed by atoms with E-state index in [4.69, 9.17) is 11.6 Å². The van der Waals surface area contributed by atoms with Crippen molar-refractivity contribution < 1.29 is 22.8 Å². The zero-order chi connectivity index (χ0) is 23.0. The van der Waals surface area contributed by atoms with E-state index in [0.29, 0.717) is 17.3 Å². The number of hydrogen-bond donors (Lipinski definition) is 2. The first-order valence-corrected chi connectivity index (χ1v) is 10.2. The van der Waals surface area contributed by atoms with Crippen LogP contribution >= 0.6 is 11.6 Å². The summed E-state index contributed by atoms with van der Waals surface area (Å²) in [6, 6.07) is 10.5. The molecule has 2 heterocycles. The molecule has 1 aromatic heterocycles. The number of benzene rings is 2. The Kier molecular flexibility index (Phi) is 5.68. The molecule has 2 amide bonds. The van der Waals surface area contributed by atoms with E-state index in [1.54, 1.807) is 18.2 Å². The van der Waals surface area contributed by atoms with Crippen LogP contribution in [-0.2, 0) is 22.2 Å². The number of alkyl halides is 3. The molecule has 32 heavy (non-hydrogen) atoms. The Bertz CT molecular complexity index is 1210. The molecule has 1 unspecified atom stereocenters. The summed E-state index contributed by atoms with van der Waals surface area (Å²) < 4.78 is 40.2. The first kappa shape index (κ1) is 21.9. The van der Waals surface area contributed by atoms with Gasteiger partial charge >= 0.3 is 6.18 Å². The van der Waals surface area contributed by atoms with Crippen LogP contribution in [0, 0.1) is 0 Å². The van der Waals surface area contributed by atoms with Crippen LogP contribution in [0.1, 0.15) is 30.6 Å². The number of rotatable bonds is 5. The van der Waals surface area contributed by atoms with Crippen LogP contribution in [0.25, 0.3) is 11.1 Å².